The van der Waals surface area contributed by atoms with Gasteiger partial charge in [0.25, 0.3) is 0 Å². The lowest BCUT2D eigenvalue weighted by Crippen LogP contribution is -2.19. The number of methoxy groups -OCH3 is 1. The molecule has 0 heterocycles. The Kier molecular flexibility index (Phi) is 5.79. The molecular weight excluding hydrogens is 401 g/mol. The third-order valence-corrected chi connectivity index (χ3v) is 4.43. The Morgan fingerprint density at radius 2 is 2.00 bits per heavy atom. The normalized spacial score (nSPS) is 12.2. The molecule has 0 saturated heterocycles. The van der Waals surface area contributed by atoms with Gasteiger partial charge in [-0.05, 0) is 53.2 Å². The Balaban J connectivity index is 2.35. The third kappa shape index (κ3) is 4.05. The number of nitrogens with one attached hydrogen (secondary N) is 1. The zero-order valence-corrected chi connectivity index (χ0v) is 15.0. The lowest BCUT2D eigenvalue weighted by atomic mass is 9.98. The van der Waals surface area contributed by atoms with Crippen molar-refractivity contribution >= 4 is 31.9 Å². The van der Waals surface area contributed by atoms with E-state index >= 15 is 0 Å². The highest BCUT2D eigenvalue weighted by atomic mass is 79.9. The molecule has 0 spiro atoms. The standard InChI is InChI=1S/C16H16Br2FNO/c1-20-15(7-10-4-3-5-11(17)6-10)12-8-13(18)14(19)9-16(12)21-2/h3-6,8-9,15,20H,7H2,1-2H3. The van der Waals surface area contributed by atoms with Crippen LogP contribution in [0.4, 0.5) is 4.39 Å². The van der Waals surface area contributed by atoms with Crippen molar-refractivity contribution < 1.29 is 9.13 Å². The molecular formula is C16H16Br2FNO. The molecule has 0 aromatic heterocycles. The maximum atomic E-state index is 13.6. The first-order valence-corrected chi connectivity index (χ1v) is 8.08. The van der Waals surface area contributed by atoms with Crippen molar-refractivity contribution in [1.29, 1.82) is 0 Å². The Morgan fingerprint density at radius 1 is 1.24 bits per heavy atom. The number of halogens is 3. The zero-order chi connectivity index (χ0) is 15.4. The van der Waals surface area contributed by atoms with Crippen LogP contribution < -0.4 is 10.1 Å². The van der Waals surface area contributed by atoms with Crippen molar-refractivity contribution in [2.45, 2.75) is 12.5 Å². The van der Waals surface area contributed by atoms with E-state index in [1.807, 2.05) is 19.2 Å². The fourth-order valence-corrected chi connectivity index (χ4v) is 3.07. The van der Waals surface area contributed by atoms with Gasteiger partial charge >= 0.3 is 0 Å². The van der Waals surface area contributed by atoms with Crippen LogP contribution in [0.2, 0.25) is 0 Å². The summed E-state index contributed by atoms with van der Waals surface area (Å²) in [7, 11) is 3.44. The second-order valence-corrected chi connectivity index (χ2v) is 6.45. The maximum Gasteiger partial charge on any atom is 0.141 e. The van der Waals surface area contributed by atoms with Crippen LogP contribution in [0, 0.1) is 5.82 Å². The minimum atomic E-state index is -0.326. The molecule has 1 unspecified atom stereocenters. The lowest BCUT2D eigenvalue weighted by molar-refractivity contribution is 0.397. The first kappa shape index (κ1) is 16.5. The van der Waals surface area contributed by atoms with Gasteiger partial charge in [0.15, 0.2) is 0 Å². The highest BCUT2D eigenvalue weighted by Crippen LogP contribution is 2.32. The summed E-state index contributed by atoms with van der Waals surface area (Å²) < 4.78 is 20.4. The SMILES string of the molecule is CNC(Cc1cccc(Br)c1)c1cc(Br)c(F)cc1OC. The number of hydrogen-bond donors (Lipinski definition) is 1. The summed E-state index contributed by atoms with van der Waals surface area (Å²) in [6, 6.07) is 11.4. The summed E-state index contributed by atoms with van der Waals surface area (Å²) >= 11 is 6.72. The van der Waals surface area contributed by atoms with Crippen LogP contribution in [0.25, 0.3) is 0 Å². The molecule has 2 aromatic carbocycles. The molecule has 1 N–H and O–H groups in total. The molecule has 21 heavy (non-hydrogen) atoms. The molecule has 0 aliphatic heterocycles. The summed E-state index contributed by atoms with van der Waals surface area (Å²) in [5, 5.41) is 3.27. The van der Waals surface area contributed by atoms with Crippen molar-refractivity contribution in [1.82, 2.24) is 5.32 Å². The Morgan fingerprint density at radius 3 is 2.62 bits per heavy atom. The van der Waals surface area contributed by atoms with Gasteiger partial charge < -0.3 is 10.1 Å². The van der Waals surface area contributed by atoms with Gasteiger partial charge in [0.2, 0.25) is 0 Å². The van der Waals surface area contributed by atoms with E-state index < -0.39 is 0 Å². The van der Waals surface area contributed by atoms with Crippen molar-refractivity contribution in [3.05, 3.63) is 62.3 Å². The highest BCUT2D eigenvalue weighted by Gasteiger charge is 2.18. The molecule has 0 saturated carbocycles. The Labute approximate surface area is 141 Å². The van der Waals surface area contributed by atoms with Gasteiger partial charge in [-0.15, -0.1) is 0 Å². The molecule has 0 radical (unpaired) electrons. The van der Waals surface area contributed by atoms with Crippen LogP contribution in [0.1, 0.15) is 17.2 Å². The van der Waals surface area contributed by atoms with Gasteiger partial charge in [0.1, 0.15) is 11.6 Å². The molecule has 2 aromatic rings. The fourth-order valence-electron chi connectivity index (χ4n) is 2.26. The van der Waals surface area contributed by atoms with Crippen molar-refractivity contribution in [2.75, 3.05) is 14.2 Å². The molecule has 1 atom stereocenters. The molecule has 0 amide bonds. The van der Waals surface area contributed by atoms with Gasteiger partial charge in [0, 0.05) is 22.1 Å². The predicted octanol–water partition coefficient (Wildman–Crippen LogP) is 4.86. The summed E-state index contributed by atoms with van der Waals surface area (Å²) in [6.45, 7) is 0. The zero-order valence-electron chi connectivity index (χ0n) is 11.8. The van der Waals surface area contributed by atoms with E-state index in [0.717, 1.165) is 16.5 Å². The van der Waals surface area contributed by atoms with Crippen LogP contribution in [-0.4, -0.2) is 14.2 Å². The van der Waals surface area contributed by atoms with Gasteiger partial charge in [0.05, 0.1) is 11.6 Å². The van der Waals surface area contributed by atoms with Crippen LogP contribution in [0.3, 0.4) is 0 Å². The lowest BCUT2D eigenvalue weighted by Gasteiger charge is -2.20. The molecule has 0 aliphatic carbocycles. The number of rotatable bonds is 5. The van der Waals surface area contributed by atoms with Crippen LogP contribution in [0.5, 0.6) is 5.75 Å². The van der Waals surface area contributed by atoms with E-state index in [-0.39, 0.29) is 11.9 Å². The van der Waals surface area contributed by atoms with E-state index in [1.54, 1.807) is 13.2 Å². The minimum absolute atomic E-state index is 0.0335. The van der Waals surface area contributed by atoms with Gasteiger partial charge in [-0.2, -0.15) is 0 Å². The Bertz CT molecular complexity index is 634. The van der Waals surface area contributed by atoms with Gasteiger partial charge in [-0.3, -0.25) is 0 Å². The maximum absolute atomic E-state index is 13.6. The topological polar surface area (TPSA) is 21.3 Å². The smallest absolute Gasteiger partial charge is 0.141 e. The third-order valence-electron chi connectivity index (χ3n) is 3.33. The molecule has 112 valence electrons. The average Bonchev–Trinajstić information content (AvgIpc) is 2.47. The summed E-state index contributed by atoms with van der Waals surface area (Å²) in [5.74, 6) is 0.220. The molecule has 0 fully saturated rings. The van der Waals surface area contributed by atoms with Crippen molar-refractivity contribution in [3.8, 4) is 5.75 Å². The van der Waals surface area contributed by atoms with E-state index in [4.69, 9.17) is 4.74 Å². The van der Waals surface area contributed by atoms with Gasteiger partial charge in [-0.25, -0.2) is 4.39 Å². The predicted molar refractivity (Wildman–Crippen MR) is 90.3 cm³/mol. The monoisotopic (exact) mass is 415 g/mol. The number of ether oxygens (including phenoxy) is 1. The Hall–Kier alpha value is -0.910. The summed E-state index contributed by atoms with van der Waals surface area (Å²) in [5.41, 5.74) is 2.11. The molecule has 0 bridgehead atoms. The number of benzene rings is 2. The quantitative estimate of drug-likeness (QED) is 0.751. The van der Waals surface area contributed by atoms with E-state index in [2.05, 4.69) is 49.3 Å². The second-order valence-electron chi connectivity index (χ2n) is 4.68. The molecule has 2 nitrogen and oxygen atoms in total. The van der Waals surface area contributed by atoms with Gasteiger partial charge in [-0.1, -0.05) is 28.1 Å². The van der Waals surface area contributed by atoms with E-state index in [9.17, 15) is 4.39 Å². The largest absolute Gasteiger partial charge is 0.496 e. The number of hydrogen-bond acceptors (Lipinski definition) is 2. The highest BCUT2D eigenvalue weighted by molar-refractivity contribution is 9.10. The summed E-state index contributed by atoms with van der Waals surface area (Å²) in [4.78, 5) is 0. The van der Waals surface area contributed by atoms with Crippen LogP contribution >= 0.6 is 31.9 Å². The van der Waals surface area contributed by atoms with E-state index in [1.165, 1.54) is 11.6 Å². The second kappa shape index (κ2) is 7.38. The number of likely N-dealkylation sites (N-methyl/N-ethyl adjacent to an activating group) is 1. The van der Waals surface area contributed by atoms with Crippen molar-refractivity contribution in [2.24, 2.45) is 0 Å². The molecule has 5 heteroatoms. The van der Waals surface area contributed by atoms with Crippen molar-refractivity contribution in [3.63, 3.8) is 0 Å². The van der Waals surface area contributed by atoms with Crippen LogP contribution in [-0.2, 0) is 6.42 Å². The summed E-state index contributed by atoms with van der Waals surface area (Å²) in [6.07, 6.45) is 0.782. The average molecular weight is 417 g/mol. The first-order chi connectivity index (χ1) is 10.0. The molecule has 2 rings (SSSR count). The minimum Gasteiger partial charge on any atom is -0.496 e. The first-order valence-electron chi connectivity index (χ1n) is 6.49. The molecule has 0 aliphatic rings. The van der Waals surface area contributed by atoms with Crippen LogP contribution in [0.15, 0.2) is 45.3 Å². The van der Waals surface area contributed by atoms with E-state index in [0.29, 0.717) is 10.2 Å². The fraction of sp³-hybridized carbons (Fsp3) is 0.250.